The third-order valence-electron chi connectivity index (χ3n) is 5.50. The minimum Gasteiger partial charge on any atom is -0.334 e. The molecule has 0 fully saturated rings. The van der Waals surface area contributed by atoms with Crippen molar-refractivity contribution in [3.8, 4) is 0 Å². The van der Waals surface area contributed by atoms with Crippen LogP contribution in [0, 0.1) is 0 Å². The number of carbonyl (C=O) groups is 1. The summed E-state index contributed by atoms with van der Waals surface area (Å²) in [4.78, 5) is 15.9. The second kappa shape index (κ2) is 9.43. The van der Waals surface area contributed by atoms with Crippen molar-refractivity contribution in [3.63, 3.8) is 0 Å². The van der Waals surface area contributed by atoms with Gasteiger partial charge in [-0.25, -0.2) is 13.2 Å². The average molecular weight is 491 g/mol. The standard InChI is InChI=1S/C23H21F3N4O3S/c24-23(25,26)21-3-1-2-17-10-13-30(15-20(17)21)34(32,33)19-6-4-18(5-7-19)29-22(31)28-14-16-8-11-27-12-9-16/h1-9,11-12H,10,13-15H2,(H2,28,29,31). The van der Waals surface area contributed by atoms with Crippen LogP contribution in [0.3, 0.4) is 0 Å². The van der Waals surface area contributed by atoms with Crippen molar-refractivity contribution in [2.24, 2.45) is 0 Å². The lowest BCUT2D eigenvalue weighted by molar-refractivity contribution is -0.138. The predicted octanol–water partition coefficient (Wildman–Crippen LogP) is 4.17. The number of anilines is 1. The van der Waals surface area contributed by atoms with Crippen molar-refractivity contribution >= 4 is 21.7 Å². The van der Waals surface area contributed by atoms with E-state index in [0.717, 1.165) is 15.9 Å². The number of amides is 2. The van der Waals surface area contributed by atoms with Gasteiger partial charge < -0.3 is 10.6 Å². The molecule has 0 spiro atoms. The van der Waals surface area contributed by atoms with E-state index in [4.69, 9.17) is 0 Å². The normalized spacial score (nSPS) is 14.3. The Morgan fingerprint density at radius 1 is 1.03 bits per heavy atom. The first-order valence-corrected chi connectivity index (χ1v) is 11.8. The summed E-state index contributed by atoms with van der Waals surface area (Å²) in [6, 6.07) is 12.4. The summed E-state index contributed by atoms with van der Waals surface area (Å²) in [5.74, 6) is 0. The molecule has 0 aliphatic carbocycles. The van der Waals surface area contributed by atoms with E-state index >= 15 is 0 Å². The van der Waals surface area contributed by atoms with E-state index in [2.05, 4.69) is 15.6 Å². The lowest BCUT2D eigenvalue weighted by atomic mass is 9.96. The average Bonchev–Trinajstić information content (AvgIpc) is 2.82. The molecule has 11 heteroatoms. The molecule has 2 heterocycles. The molecule has 0 radical (unpaired) electrons. The highest BCUT2D eigenvalue weighted by Crippen LogP contribution is 2.36. The van der Waals surface area contributed by atoms with Gasteiger partial charge in [-0.2, -0.15) is 17.5 Å². The monoisotopic (exact) mass is 490 g/mol. The first kappa shape index (κ1) is 23.7. The van der Waals surface area contributed by atoms with Gasteiger partial charge in [-0.1, -0.05) is 12.1 Å². The van der Waals surface area contributed by atoms with E-state index in [-0.39, 0.29) is 36.5 Å². The van der Waals surface area contributed by atoms with Gasteiger partial charge in [0.05, 0.1) is 10.5 Å². The van der Waals surface area contributed by atoms with Crippen molar-refractivity contribution in [2.45, 2.75) is 30.6 Å². The highest BCUT2D eigenvalue weighted by Gasteiger charge is 2.37. The van der Waals surface area contributed by atoms with Crippen molar-refractivity contribution in [1.29, 1.82) is 0 Å². The molecule has 0 saturated heterocycles. The molecular formula is C23H21F3N4O3S. The van der Waals surface area contributed by atoms with E-state index in [9.17, 15) is 26.4 Å². The number of benzene rings is 2. The van der Waals surface area contributed by atoms with Crippen LogP contribution in [0.4, 0.5) is 23.7 Å². The predicted molar refractivity (Wildman–Crippen MR) is 119 cm³/mol. The van der Waals surface area contributed by atoms with Gasteiger partial charge >= 0.3 is 12.2 Å². The number of nitrogens with one attached hydrogen (secondary N) is 2. The lowest BCUT2D eigenvalue weighted by Gasteiger charge is -2.30. The number of alkyl halides is 3. The van der Waals surface area contributed by atoms with Gasteiger partial charge in [0.25, 0.3) is 0 Å². The summed E-state index contributed by atoms with van der Waals surface area (Å²) < 4.78 is 67.5. The number of hydrogen-bond donors (Lipinski definition) is 2. The fourth-order valence-corrected chi connectivity index (χ4v) is 5.15. The van der Waals surface area contributed by atoms with Crippen LogP contribution < -0.4 is 10.6 Å². The van der Waals surface area contributed by atoms with Gasteiger partial charge in [0.2, 0.25) is 10.0 Å². The zero-order chi connectivity index (χ0) is 24.3. The van der Waals surface area contributed by atoms with Crippen LogP contribution in [-0.4, -0.2) is 30.3 Å². The zero-order valence-electron chi connectivity index (χ0n) is 17.8. The van der Waals surface area contributed by atoms with Crippen LogP contribution in [0.1, 0.15) is 22.3 Å². The van der Waals surface area contributed by atoms with E-state index in [1.54, 1.807) is 30.6 Å². The van der Waals surface area contributed by atoms with Crippen molar-refractivity contribution < 1.29 is 26.4 Å². The molecule has 1 aliphatic heterocycles. The third-order valence-corrected chi connectivity index (χ3v) is 7.36. The van der Waals surface area contributed by atoms with Gasteiger partial charge in [-0.3, -0.25) is 4.98 Å². The Morgan fingerprint density at radius 2 is 1.74 bits per heavy atom. The maximum atomic E-state index is 13.4. The molecule has 0 unspecified atom stereocenters. The minimum absolute atomic E-state index is 0.0195. The number of urea groups is 1. The van der Waals surface area contributed by atoms with Crippen LogP contribution >= 0.6 is 0 Å². The summed E-state index contributed by atoms with van der Waals surface area (Å²) in [5, 5.41) is 5.28. The maximum absolute atomic E-state index is 13.4. The highest BCUT2D eigenvalue weighted by molar-refractivity contribution is 7.89. The SMILES string of the molecule is O=C(NCc1ccncc1)Nc1ccc(S(=O)(=O)N2CCc3cccc(C(F)(F)F)c3C2)cc1. The number of aromatic nitrogens is 1. The summed E-state index contributed by atoms with van der Waals surface area (Å²) in [6.07, 6.45) is -1.16. The first-order chi connectivity index (χ1) is 16.1. The lowest BCUT2D eigenvalue weighted by Crippen LogP contribution is -2.37. The summed E-state index contributed by atoms with van der Waals surface area (Å²) in [5.41, 5.74) is 0.896. The van der Waals surface area contributed by atoms with Crippen LogP contribution in [-0.2, 0) is 35.7 Å². The number of hydrogen-bond acceptors (Lipinski definition) is 4. The second-order valence-electron chi connectivity index (χ2n) is 7.72. The molecule has 1 aromatic heterocycles. The molecule has 178 valence electrons. The molecule has 2 N–H and O–H groups in total. The topological polar surface area (TPSA) is 91.4 Å². The zero-order valence-corrected chi connectivity index (χ0v) is 18.7. The van der Waals surface area contributed by atoms with Gasteiger partial charge in [-0.15, -0.1) is 0 Å². The molecule has 0 saturated carbocycles. The summed E-state index contributed by atoms with van der Waals surface area (Å²) in [6.45, 7) is 0.00991. The van der Waals surface area contributed by atoms with Gasteiger partial charge in [0.15, 0.2) is 0 Å². The third kappa shape index (κ3) is 5.20. The molecule has 1 aliphatic rings. The second-order valence-corrected chi connectivity index (χ2v) is 9.66. The molecule has 0 atom stereocenters. The van der Waals surface area contributed by atoms with E-state index in [0.29, 0.717) is 11.3 Å². The number of pyridine rings is 1. The number of carbonyl (C=O) groups excluding carboxylic acids is 1. The first-order valence-electron chi connectivity index (χ1n) is 10.4. The van der Waals surface area contributed by atoms with Crippen molar-refractivity contribution in [2.75, 3.05) is 11.9 Å². The molecular weight excluding hydrogens is 469 g/mol. The van der Waals surface area contributed by atoms with E-state index in [1.807, 2.05) is 0 Å². The molecule has 3 aromatic rings. The van der Waals surface area contributed by atoms with Gasteiger partial charge in [0, 0.05) is 37.7 Å². The molecule has 2 amide bonds. The summed E-state index contributed by atoms with van der Waals surface area (Å²) in [7, 11) is -4.03. The maximum Gasteiger partial charge on any atom is 0.416 e. The Hall–Kier alpha value is -3.44. The number of rotatable bonds is 5. The molecule has 34 heavy (non-hydrogen) atoms. The summed E-state index contributed by atoms with van der Waals surface area (Å²) >= 11 is 0. The Labute approximate surface area is 194 Å². The number of halogens is 3. The number of fused-ring (bicyclic) bond motifs is 1. The largest absolute Gasteiger partial charge is 0.416 e. The molecule has 4 rings (SSSR count). The molecule has 7 nitrogen and oxygen atoms in total. The van der Waals surface area contributed by atoms with Crippen molar-refractivity contribution in [1.82, 2.24) is 14.6 Å². The Bertz CT molecular complexity index is 1280. The number of nitrogens with zero attached hydrogens (tertiary/aromatic N) is 2. The quantitative estimate of drug-likeness (QED) is 0.562. The Morgan fingerprint density at radius 3 is 2.41 bits per heavy atom. The van der Waals surface area contributed by atoms with Crippen LogP contribution in [0.15, 0.2) is 71.9 Å². The number of sulfonamides is 1. The van der Waals surface area contributed by atoms with Crippen LogP contribution in [0.25, 0.3) is 0 Å². The highest BCUT2D eigenvalue weighted by atomic mass is 32.2. The Kier molecular flexibility index (Phi) is 6.58. The molecule has 2 aromatic carbocycles. The smallest absolute Gasteiger partial charge is 0.334 e. The van der Waals surface area contributed by atoms with E-state index in [1.165, 1.54) is 30.3 Å². The van der Waals surface area contributed by atoms with Gasteiger partial charge in [-0.05, 0) is 65.6 Å². The minimum atomic E-state index is -4.57. The molecule has 0 bridgehead atoms. The van der Waals surface area contributed by atoms with Crippen LogP contribution in [0.2, 0.25) is 0 Å². The fraction of sp³-hybridized carbons (Fsp3) is 0.217. The van der Waals surface area contributed by atoms with E-state index < -0.39 is 27.8 Å². The van der Waals surface area contributed by atoms with Crippen LogP contribution in [0.5, 0.6) is 0 Å². The Balaban J connectivity index is 1.44. The van der Waals surface area contributed by atoms with Crippen molar-refractivity contribution in [3.05, 3.63) is 89.2 Å². The van der Waals surface area contributed by atoms with Gasteiger partial charge in [0.1, 0.15) is 0 Å². The fourth-order valence-electron chi connectivity index (χ4n) is 3.74.